The molecule has 0 spiro atoms. The zero-order valence-electron chi connectivity index (χ0n) is 7.54. The highest BCUT2D eigenvalue weighted by Gasteiger charge is 2.23. The summed E-state index contributed by atoms with van der Waals surface area (Å²) in [7, 11) is 0. The maximum absolute atomic E-state index is 10.3. The summed E-state index contributed by atoms with van der Waals surface area (Å²) < 4.78 is 0. The van der Waals surface area contributed by atoms with Crippen LogP contribution in [0.25, 0.3) is 0 Å². The third-order valence-corrected chi connectivity index (χ3v) is 2.25. The first-order valence-corrected chi connectivity index (χ1v) is 4.78. The van der Waals surface area contributed by atoms with Crippen molar-refractivity contribution in [3.63, 3.8) is 0 Å². The Bertz CT molecular complexity index is 115. The van der Waals surface area contributed by atoms with E-state index in [-0.39, 0.29) is 13.2 Å². The van der Waals surface area contributed by atoms with Crippen molar-refractivity contribution in [1.29, 1.82) is 0 Å². The van der Waals surface area contributed by atoms with Crippen molar-refractivity contribution >= 4 is 0 Å². The Balaban J connectivity index is 2.07. The van der Waals surface area contributed by atoms with Crippen LogP contribution >= 0.6 is 0 Å². The molecular formula is C9H18NO2. The van der Waals surface area contributed by atoms with Gasteiger partial charge in [0.2, 0.25) is 0 Å². The molecule has 3 nitrogen and oxygen atoms in total. The van der Waals surface area contributed by atoms with E-state index in [1.54, 1.807) is 0 Å². The van der Waals surface area contributed by atoms with E-state index >= 15 is 0 Å². The van der Waals surface area contributed by atoms with Gasteiger partial charge in [-0.25, -0.2) is 5.11 Å². The van der Waals surface area contributed by atoms with Crippen LogP contribution in [0.15, 0.2) is 0 Å². The van der Waals surface area contributed by atoms with Crippen LogP contribution in [0.2, 0.25) is 0 Å². The van der Waals surface area contributed by atoms with Crippen molar-refractivity contribution in [2.45, 2.75) is 19.3 Å². The van der Waals surface area contributed by atoms with E-state index in [1.165, 1.54) is 12.8 Å². The monoisotopic (exact) mass is 172 g/mol. The van der Waals surface area contributed by atoms with Crippen LogP contribution in [0.3, 0.4) is 0 Å². The minimum absolute atomic E-state index is 0.00654. The first kappa shape index (κ1) is 9.96. The molecule has 0 aromatic heterocycles. The molecule has 1 radical (unpaired) electrons. The molecule has 0 bridgehead atoms. The van der Waals surface area contributed by atoms with Gasteiger partial charge in [0, 0.05) is 19.6 Å². The fraction of sp³-hybridized carbons (Fsp3) is 1.00. The van der Waals surface area contributed by atoms with E-state index in [1.807, 2.05) is 0 Å². The molecule has 0 heterocycles. The summed E-state index contributed by atoms with van der Waals surface area (Å²) in [6.07, 6.45) is 3.38. The van der Waals surface area contributed by atoms with E-state index in [0.29, 0.717) is 6.42 Å². The van der Waals surface area contributed by atoms with Gasteiger partial charge < -0.3 is 10.0 Å². The summed E-state index contributed by atoms with van der Waals surface area (Å²) in [5.74, 6) is 0.850. The molecule has 1 aliphatic carbocycles. The Hall–Kier alpha value is -0.120. The lowest BCUT2D eigenvalue weighted by molar-refractivity contribution is 0.148. The minimum Gasteiger partial charge on any atom is -0.395 e. The SMILES string of the molecule is [O]CCCN(CCO)CC1CC1. The van der Waals surface area contributed by atoms with Crippen molar-refractivity contribution in [2.24, 2.45) is 5.92 Å². The maximum atomic E-state index is 10.3. The van der Waals surface area contributed by atoms with Crippen molar-refractivity contribution in [3.8, 4) is 0 Å². The highest BCUT2D eigenvalue weighted by molar-refractivity contribution is 4.77. The lowest BCUT2D eigenvalue weighted by atomic mass is 10.3. The average Bonchev–Trinajstić information content (AvgIpc) is 2.84. The molecule has 71 valence electrons. The lowest BCUT2D eigenvalue weighted by Gasteiger charge is -2.19. The highest BCUT2D eigenvalue weighted by Crippen LogP contribution is 2.29. The zero-order valence-corrected chi connectivity index (χ0v) is 7.54. The number of nitrogens with zero attached hydrogens (tertiary/aromatic N) is 1. The van der Waals surface area contributed by atoms with Gasteiger partial charge in [-0.15, -0.1) is 0 Å². The molecule has 0 aliphatic heterocycles. The Morgan fingerprint density at radius 1 is 1.33 bits per heavy atom. The molecule has 0 saturated heterocycles. The zero-order chi connectivity index (χ0) is 8.81. The summed E-state index contributed by atoms with van der Waals surface area (Å²) in [5.41, 5.74) is 0. The first-order chi connectivity index (χ1) is 5.86. The fourth-order valence-electron chi connectivity index (χ4n) is 1.39. The second-order valence-electron chi connectivity index (χ2n) is 3.53. The molecule has 1 rings (SSSR count). The molecule has 12 heavy (non-hydrogen) atoms. The van der Waals surface area contributed by atoms with Crippen LogP contribution in [0, 0.1) is 5.92 Å². The summed E-state index contributed by atoms with van der Waals surface area (Å²) in [6, 6.07) is 0. The average molecular weight is 172 g/mol. The normalized spacial score (nSPS) is 17.2. The van der Waals surface area contributed by atoms with E-state index in [2.05, 4.69) is 4.90 Å². The Labute approximate surface area is 74.0 Å². The van der Waals surface area contributed by atoms with Crippen molar-refractivity contribution < 1.29 is 10.2 Å². The van der Waals surface area contributed by atoms with Crippen LogP contribution in [0.4, 0.5) is 0 Å². The minimum atomic E-state index is 0.00654. The van der Waals surface area contributed by atoms with Gasteiger partial charge in [-0.05, 0) is 25.2 Å². The lowest BCUT2D eigenvalue weighted by Crippen LogP contribution is -2.30. The second kappa shape index (κ2) is 5.51. The largest absolute Gasteiger partial charge is 0.395 e. The van der Waals surface area contributed by atoms with E-state index in [9.17, 15) is 5.11 Å². The summed E-state index contributed by atoms with van der Waals surface area (Å²) in [4.78, 5) is 2.20. The molecule has 1 aliphatic rings. The van der Waals surface area contributed by atoms with Crippen LogP contribution in [-0.2, 0) is 5.11 Å². The summed E-state index contributed by atoms with van der Waals surface area (Å²) in [5, 5.41) is 19.0. The molecular weight excluding hydrogens is 154 g/mol. The van der Waals surface area contributed by atoms with Gasteiger partial charge in [0.25, 0.3) is 0 Å². The number of hydrogen-bond donors (Lipinski definition) is 1. The number of hydrogen-bond acceptors (Lipinski definition) is 2. The highest BCUT2D eigenvalue weighted by atomic mass is 16.3. The third kappa shape index (κ3) is 4.04. The standard InChI is InChI=1S/C9H18NO2/c11-6-1-4-10(5-7-12)8-9-2-3-9/h9,12H,1-8H2. The molecule has 0 amide bonds. The molecule has 0 unspecified atom stereocenters. The van der Waals surface area contributed by atoms with Gasteiger partial charge in [0.15, 0.2) is 0 Å². The van der Waals surface area contributed by atoms with E-state index in [0.717, 1.165) is 25.6 Å². The molecule has 0 aromatic carbocycles. The smallest absolute Gasteiger partial charge is 0.0834 e. The van der Waals surface area contributed by atoms with Gasteiger partial charge in [-0.2, -0.15) is 0 Å². The molecule has 0 aromatic rings. The molecule has 0 atom stereocenters. The van der Waals surface area contributed by atoms with E-state index < -0.39 is 0 Å². The quantitative estimate of drug-likeness (QED) is 0.608. The van der Waals surface area contributed by atoms with E-state index in [4.69, 9.17) is 5.11 Å². The predicted octanol–water partition coefficient (Wildman–Crippen LogP) is 0.511. The Morgan fingerprint density at radius 2 is 2.08 bits per heavy atom. The molecule has 1 fully saturated rings. The Kier molecular flexibility index (Phi) is 4.58. The number of rotatable bonds is 7. The molecule has 1 saturated carbocycles. The molecule has 1 N–H and O–H groups in total. The Morgan fingerprint density at radius 3 is 2.58 bits per heavy atom. The van der Waals surface area contributed by atoms with Crippen LogP contribution in [0.1, 0.15) is 19.3 Å². The maximum Gasteiger partial charge on any atom is 0.0834 e. The van der Waals surface area contributed by atoms with Gasteiger partial charge in [0.1, 0.15) is 0 Å². The van der Waals surface area contributed by atoms with Crippen LogP contribution < -0.4 is 0 Å². The first-order valence-electron chi connectivity index (χ1n) is 4.78. The predicted molar refractivity (Wildman–Crippen MR) is 46.4 cm³/mol. The van der Waals surface area contributed by atoms with Crippen LogP contribution in [0.5, 0.6) is 0 Å². The molecule has 3 heteroatoms. The fourth-order valence-corrected chi connectivity index (χ4v) is 1.39. The van der Waals surface area contributed by atoms with Crippen molar-refractivity contribution in [1.82, 2.24) is 4.90 Å². The van der Waals surface area contributed by atoms with Gasteiger partial charge in [-0.3, -0.25) is 0 Å². The van der Waals surface area contributed by atoms with Gasteiger partial charge in [-0.1, -0.05) is 0 Å². The van der Waals surface area contributed by atoms with Crippen molar-refractivity contribution in [3.05, 3.63) is 0 Å². The number of aliphatic hydroxyl groups is 1. The third-order valence-electron chi connectivity index (χ3n) is 2.25. The summed E-state index contributed by atoms with van der Waals surface area (Å²) >= 11 is 0. The van der Waals surface area contributed by atoms with Gasteiger partial charge in [0.05, 0.1) is 13.2 Å². The van der Waals surface area contributed by atoms with Gasteiger partial charge >= 0.3 is 0 Å². The summed E-state index contributed by atoms with van der Waals surface area (Å²) in [6.45, 7) is 2.90. The second-order valence-corrected chi connectivity index (χ2v) is 3.53. The van der Waals surface area contributed by atoms with Crippen LogP contribution in [-0.4, -0.2) is 42.9 Å². The topological polar surface area (TPSA) is 43.4 Å². The number of aliphatic hydroxyl groups excluding tert-OH is 1. The van der Waals surface area contributed by atoms with Crippen molar-refractivity contribution in [2.75, 3.05) is 32.8 Å².